The first kappa shape index (κ1) is 14.0. The van der Waals surface area contributed by atoms with E-state index in [1.165, 1.54) is 0 Å². The summed E-state index contributed by atoms with van der Waals surface area (Å²) in [6.45, 7) is 1.81. The Bertz CT molecular complexity index is 854. The highest BCUT2D eigenvalue weighted by Gasteiger charge is 2.18. The maximum Gasteiger partial charge on any atom is 0.200 e. The number of nitrogens with two attached hydrogens (primary N) is 1. The first-order valence-electron chi connectivity index (χ1n) is 6.65. The van der Waals surface area contributed by atoms with Gasteiger partial charge in [-0.15, -0.1) is 0 Å². The van der Waals surface area contributed by atoms with Gasteiger partial charge >= 0.3 is 0 Å². The van der Waals surface area contributed by atoms with Crippen molar-refractivity contribution in [1.82, 2.24) is 0 Å². The molecule has 3 rings (SSSR count). The molecule has 1 heterocycles. The number of rotatable bonds is 2. The largest absolute Gasteiger partial charge is 0.459 e. The molecule has 0 bridgehead atoms. The summed E-state index contributed by atoms with van der Waals surface area (Å²) in [5.74, 6) is 0.515. The highest BCUT2D eigenvalue weighted by molar-refractivity contribution is 9.10. The molecule has 3 nitrogen and oxygen atoms in total. The Morgan fingerprint density at radius 3 is 2.52 bits per heavy atom. The van der Waals surface area contributed by atoms with Crippen LogP contribution >= 0.6 is 15.9 Å². The van der Waals surface area contributed by atoms with Gasteiger partial charge in [-0.05, 0) is 30.7 Å². The standard InChI is InChI=1S/C17H14BrNO2/c1-10(19)17-15(11-5-3-2-4-6-11)16(20)13-9-12(18)7-8-14(13)21-17/h2-10H,19H2,1H3/t10-/m0/s1. The van der Waals surface area contributed by atoms with Crippen molar-refractivity contribution in [1.29, 1.82) is 0 Å². The monoisotopic (exact) mass is 343 g/mol. The Morgan fingerprint density at radius 1 is 1.14 bits per heavy atom. The van der Waals surface area contributed by atoms with Crippen LogP contribution in [0.5, 0.6) is 0 Å². The van der Waals surface area contributed by atoms with E-state index in [4.69, 9.17) is 10.2 Å². The molecule has 0 radical (unpaired) electrons. The molecule has 0 saturated heterocycles. The molecule has 0 fully saturated rings. The zero-order valence-corrected chi connectivity index (χ0v) is 13.1. The third kappa shape index (κ3) is 2.52. The molecule has 0 saturated carbocycles. The van der Waals surface area contributed by atoms with E-state index < -0.39 is 0 Å². The highest BCUT2D eigenvalue weighted by atomic mass is 79.9. The lowest BCUT2D eigenvalue weighted by Crippen LogP contribution is -2.14. The maximum absolute atomic E-state index is 12.9. The van der Waals surface area contributed by atoms with Crippen LogP contribution in [0.1, 0.15) is 18.7 Å². The van der Waals surface area contributed by atoms with Gasteiger partial charge in [0.25, 0.3) is 0 Å². The molecule has 106 valence electrons. The first-order chi connectivity index (χ1) is 10.1. The number of fused-ring (bicyclic) bond motifs is 1. The molecule has 0 amide bonds. The minimum Gasteiger partial charge on any atom is -0.459 e. The summed E-state index contributed by atoms with van der Waals surface area (Å²) in [4.78, 5) is 12.9. The van der Waals surface area contributed by atoms with Gasteiger partial charge < -0.3 is 10.2 Å². The molecule has 0 spiro atoms. The minimum atomic E-state index is -0.360. The van der Waals surface area contributed by atoms with Crippen molar-refractivity contribution in [3.63, 3.8) is 0 Å². The fourth-order valence-corrected chi connectivity index (χ4v) is 2.74. The Morgan fingerprint density at radius 2 is 1.86 bits per heavy atom. The van der Waals surface area contributed by atoms with E-state index in [1.54, 1.807) is 12.1 Å². The fraction of sp³-hybridized carbons (Fsp3) is 0.118. The summed E-state index contributed by atoms with van der Waals surface area (Å²) in [5, 5.41) is 0.549. The molecule has 1 aromatic heterocycles. The topological polar surface area (TPSA) is 56.2 Å². The predicted octanol–water partition coefficient (Wildman–Crippen LogP) is 4.24. The maximum atomic E-state index is 12.9. The fourth-order valence-electron chi connectivity index (χ4n) is 2.38. The van der Waals surface area contributed by atoms with Crippen LogP contribution in [0.4, 0.5) is 0 Å². The second kappa shape index (κ2) is 5.47. The van der Waals surface area contributed by atoms with Crippen LogP contribution < -0.4 is 11.2 Å². The van der Waals surface area contributed by atoms with Crippen molar-refractivity contribution in [2.75, 3.05) is 0 Å². The molecule has 2 N–H and O–H groups in total. The second-order valence-corrected chi connectivity index (χ2v) is 5.88. The van der Waals surface area contributed by atoms with Gasteiger partial charge in [0.2, 0.25) is 5.43 Å². The Labute approximate surface area is 130 Å². The van der Waals surface area contributed by atoms with Crippen molar-refractivity contribution in [2.24, 2.45) is 5.73 Å². The third-order valence-corrected chi connectivity index (χ3v) is 3.85. The molecule has 4 heteroatoms. The van der Waals surface area contributed by atoms with Crippen molar-refractivity contribution in [3.05, 3.63) is 69.0 Å². The van der Waals surface area contributed by atoms with Gasteiger partial charge in [-0.25, -0.2) is 0 Å². The quantitative estimate of drug-likeness (QED) is 0.756. The van der Waals surface area contributed by atoms with Crippen LogP contribution in [-0.4, -0.2) is 0 Å². The van der Waals surface area contributed by atoms with Crippen molar-refractivity contribution in [2.45, 2.75) is 13.0 Å². The summed E-state index contributed by atoms with van der Waals surface area (Å²) in [6.07, 6.45) is 0. The third-order valence-electron chi connectivity index (χ3n) is 3.36. The zero-order valence-electron chi connectivity index (χ0n) is 11.5. The van der Waals surface area contributed by atoms with Gasteiger partial charge in [0.05, 0.1) is 17.0 Å². The van der Waals surface area contributed by atoms with Crippen LogP contribution in [0.15, 0.2) is 62.2 Å². The lowest BCUT2D eigenvalue weighted by molar-refractivity contribution is 0.503. The number of hydrogen-bond donors (Lipinski definition) is 1. The molecule has 1 atom stereocenters. The van der Waals surface area contributed by atoms with E-state index in [0.29, 0.717) is 22.3 Å². The van der Waals surface area contributed by atoms with Gasteiger partial charge in [-0.2, -0.15) is 0 Å². The Kier molecular flexibility index (Phi) is 3.66. The molecule has 0 aliphatic carbocycles. The predicted molar refractivity (Wildman–Crippen MR) is 88.2 cm³/mol. The smallest absolute Gasteiger partial charge is 0.200 e. The van der Waals surface area contributed by atoms with E-state index in [2.05, 4.69) is 15.9 Å². The van der Waals surface area contributed by atoms with E-state index >= 15 is 0 Å². The van der Waals surface area contributed by atoms with Gasteiger partial charge in [0, 0.05) is 4.47 Å². The Balaban J connectivity index is 2.43. The molecule has 0 aliphatic heterocycles. The van der Waals surface area contributed by atoms with E-state index in [9.17, 15) is 4.79 Å². The van der Waals surface area contributed by atoms with Crippen molar-refractivity contribution in [3.8, 4) is 11.1 Å². The van der Waals surface area contributed by atoms with E-state index in [1.807, 2.05) is 43.3 Å². The average molecular weight is 344 g/mol. The lowest BCUT2D eigenvalue weighted by Gasteiger charge is -2.12. The van der Waals surface area contributed by atoms with Gasteiger partial charge in [0.1, 0.15) is 11.3 Å². The van der Waals surface area contributed by atoms with Gasteiger partial charge in [-0.1, -0.05) is 46.3 Å². The van der Waals surface area contributed by atoms with Crippen LogP contribution in [0.2, 0.25) is 0 Å². The summed E-state index contributed by atoms with van der Waals surface area (Å²) >= 11 is 3.39. The van der Waals surface area contributed by atoms with Crippen LogP contribution in [0.25, 0.3) is 22.1 Å². The van der Waals surface area contributed by atoms with Gasteiger partial charge in [-0.3, -0.25) is 4.79 Å². The second-order valence-electron chi connectivity index (χ2n) is 4.97. The van der Waals surface area contributed by atoms with Gasteiger partial charge in [0.15, 0.2) is 0 Å². The summed E-state index contributed by atoms with van der Waals surface area (Å²) in [7, 11) is 0. The number of benzene rings is 2. The molecule has 2 aromatic carbocycles. The summed E-state index contributed by atoms with van der Waals surface area (Å²) in [6, 6.07) is 14.5. The normalized spacial score (nSPS) is 12.5. The van der Waals surface area contributed by atoms with E-state index in [-0.39, 0.29) is 11.5 Å². The summed E-state index contributed by atoms with van der Waals surface area (Å²) in [5.41, 5.74) is 7.85. The van der Waals surface area contributed by atoms with Crippen LogP contribution in [0, 0.1) is 0 Å². The lowest BCUT2D eigenvalue weighted by atomic mass is 9.99. The SMILES string of the molecule is C[C@H](N)c1oc2ccc(Br)cc2c(=O)c1-c1ccccc1. The molecule has 0 unspecified atom stereocenters. The molecule has 3 aromatic rings. The molecule has 0 aliphatic rings. The first-order valence-corrected chi connectivity index (χ1v) is 7.44. The average Bonchev–Trinajstić information content (AvgIpc) is 2.48. The number of hydrogen-bond acceptors (Lipinski definition) is 3. The highest BCUT2D eigenvalue weighted by Crippen LogP contribution is 2.28. The Hall–Kier alpha value is -1.91. The minimum absolute atomic E-state index is 0.0592. The van der Waals surface area contributed by atoms with Crippen LogP contribution in [-0.2, 0) is 0 Å². The zero-order chi connectivity index (χ0) is 15.0. The molecule has 21 heavy (non-hydrogen) atoms. The molecular weight excluding hydrogens is 330 g/mol. The molecular formula is C17H14BrNO2. The van der Waals surface area contributed by atoms with Crippen molar-refractivity contribution < 1.29 is 4.42 Å². The van der Waals surface area contributed by atoms with Crippen molar-refractivity contribution >= 4 is 26.9 Å². The van der Waals surface area contributed by atoms with E-state index in [0.717, 1.165) is 10.0 Å². The van der Waals surface area contributed by atoms with Crippen LogP contribution in [0.3, 0.4) is 0 Å². The summed E-state index contributed by atoms with van der Waals surface area (Å²) < 4.78 is 6.74. The number of halogens is 1.